The summed E-state index contributed by atoms with van der Waals surface area (Å²) in [6, 6.07) is 17.3. The topological polar surface area (TPSA) is 78.8 Å². The molecule has 1 aromatic carbocycles. The van der Waals surface area contributed by atoms with Gasteiger partial charge in [-0.2, -0.15) is 0 Å². The highest BCUT2D eigenvalue weighted by Crippen LogP contribution is 2.30. The second-order valence-corrected chi connectivity index (χ2v) is 9.08. The number of benzene rings is 1. The minimum atomic E-state index is -0.312. The van der Waals surface area contributed by atoms with Crippen LogP contribution in [0.3, 0.4) is 0 Å². The summed E-state index contributed by atoms with van der Waals surface area (Å²) in [6.07, 6.45) is 3.36. The first kappa shape index (κ1) is 23.9. The van der Waals surface area contributed by atoms with E-state index in [1.54, 1.807) is 17.3 Å². The van der Waals surface area contributed by atoms with Gasteiger partial charge in [0.25, 0.3) is 5.91 Å². The van der Waals surface area contributed by atoms with Crippen molar-refractivity contribution in [3.05, 3.63) is 78.2 Å². The molecule has 0 unspecified atom stereocenters. The first-order valence-electron chi connectivity index (χ1n) is 11.7. The zero-order valence-corrected chi connectivity index (χ0v) is 20.0. The van der Waals surface area contributed by atoms with Gasteiger partial charge in [0.2, 0.25) is 5.88 Å². The van der Waals surface area contributed by atoms with Crippen LogP contribution in [0.1, 0.15) is 29.9 Å². The number of nitrogens with zero attached hydrogens (tertiary/aromatic N) is 4. The van der Waals surface area contributed by atoms with Gasteiger partial charge in [0.05, 0.1) is 18.3 Å². The Kier molecular flexibility index (Phi) is 7.55. The number of rotatable bonds is 7. The molecule has 0 saturated carbocycles. The van der Waals surface area contributed by atoms with Crippen molar-refractivity contribution in [2.24, 2.45) is 5.92 Å². The van der Waals surface area contributed by atoms with Crippen LogP contribution in [0, 0.1) is 5.92 Å². The number of aliphatic hydroxyl groups is 1. The molecule has 3 atom stereocenters. The average molecular weight is 461 g/mol. The third-order valence-electron chi connectivity index (χ3n) is 6.28. The van der Waals surface area contributed by atoms with E-state index in [2.05, 4.69) is 21.8 Å². The van der Waals surface area contributed by atoms with Crippen LogP contribution in [0.15, 0.2) is 67.0 Å². The lowest BCUT2D eigenvalue weighted by atomic mass is 9.99. The second kappa shape index (κ2) is 10.8. The molecule has 0 radical (unpaired) electrons. The molecule has 0 saturated heterocycles. The largest absolute Gasteiger partial charge is 0.472 e. The van der Waals surface area contributed by atoms with Crippen LogP contribution in [0.4, 0.5) is 0 Å². The van der Waals surface area contributed by atoms with Crippen LogP contribution in [0.2, 0.25) is 0 Å². The van der Waals surface area contributed by atoms with E-state index in [1.807, 2.05) is 68.6 Å². The number of hydrogen-bond acceptors (Lipinski definition) is 6. The standard InChI is InChI=1S/C27H32N4O3/c1-19-15-31(20(2)18-32)27(33)24-13-22(21-9-5-4-6-10-21)14-29-26(24)34-25(19)17-30(3)16-23-11-7-8-12-28-23/h4-14,19-20,25,32H,15-18H2,1-3H3/t19-,20+,25-/m1/s1. The Morgan fingerprint density at radius 1 is 1.15 bits per heavy atom. The van der Waals surface area contributed by atoms with Gasteiger partial charge in [-0.05, 0) is 37.7 Å². The van der Waals surface area contributed by atoms with E-state index in [9.17, 15) is 9.90 Å². The van der Waals surface area contributed by atoms with Crippen LogP contribution >= 0.6 is 0 Å². The number of ether oxygens (including phenoxy) is 1. The van der Waals surface area contributed by atoms with E-state index in [-0.39, 0.29) is 30.6 Å². The van der Waals surface area contributed by atoms with Gasteiger partial charge in [0, 0.05) is 43.5 Å². The van der Waals surface area contributed by atoms with Gasteiger partial charge >= 0.3 is 0 Å². The number of likely N-dealkylation sites (N-methyl/N-ethyl adjacent to an activating group) is 1. The van der Waals surface area contributed by atoms with Gasteiger partial charge in [-0.3, -0.25) is 14.7 Å². The van der Waals surface area contributed by atoms with Gasteiger partial charge in [-0.1, -0.05) is 43.3 Å². The Balaban J connectivity index is 1.65. The Labute approximate surface area is 201 Å². The van der Waals surface area contributed by atoms with Crippen LogP contribution in [0.25, 0.3) is 11.1 Å². The Bertz CT molecular complexity index is 1090. The fourth-order valence-electron chi connectivity index (χ4n) is 4.25. The van der Waals surface area contributed by atoms with Gasteiger partial charge in [0.1, 0.15) is 11.7 Å². The molecule has 3 aromatic rings. The maximum Gasteiger partial charge on any atom is 0.259 e. The van der Waals surface area contributed by atoms with E-state index in [0.717, 1.165) is 16.8 Å². The van der Waals surface area contributed by atoms with Crippen molar-refractivity contribution >= 4 is 5.91 Å². The van der Waals surface area contributed by atoms with Crippen molar-refractivity contribution in [2.45, 2.75) is 32.5 Å². The highest BCUT2D eigenvalue weighted by molar-refractivity contribution is 5.98. The summed E-state index contributed by atoms with van der Waals surface area (Å²) >= 11 is 0. The van der Waals surface area contributed by atoms with E-state index < -0.39 is 0 Å². The first-order chi connectivity index (χ1) is 16.5. The summed E-state index contributed by atoms with van der Waals surface area (Å²) in [5.41, 5.74) is 3.24. The van der Waals surface area contributed by atoms with Gasteiger partial charge in [-0.25, -0.2) is 4.98 Å². The Hall–Kier alpha value is -3.29. The number of amides is 1. The molecule has 7 nitrogen and oxygen atoms in total. The van der Waals surface area contributed by atoms with Crippen molar-refractivity contribution in [2.75, 3.05) is 26.7 Å². The Morgan fingerprint density at radius 3 is 2.62 bits per heavy atom. The molecule has 4 rings (SSSR count). The molecule has 0 spiro atoms. The molecule has 3 heterocycles. The number of aliphatic hydroxyl groups excluding tert-OH is 1. The van der Waals surface area contributed by atoms with Crippen LogP contribution in [0.5, 0.6) is 5.88 Å². The van der Waals surface area contributed by atoms with Crippen LogP contribution in [-0.2, 0) is 6.54 Å². The third-order valence-corrected chi connectivity index (χ3v) is 6.28. The molecule has 34 heavy (non-hydrogen) atoms. The van der Waals surface area contributed by atoms with Crippen molar-refractivity contribution in [3.8, 4) is 17.0 Å². The number of hydrogen-bond donors (Lipinski definition) is 1. The number of fused-ring (bicyclic) bond motifs is 1. The quantitative estimate of drug-likeness (QED) is 0.582. The number of carbonyl (C=O) groups is 1. The zero-order chi connectivity index (χ0) is 24.1. The SMILES string of the molecule is C[C@@H]1CN([C@@H](C)CO)C(=O)c2cc(-c3ccccc3)cnc2O[C@@H]1CN(C)Cc1ccccn1. The molecule has 7 heteroatoms. The summed E-state index contributed by atoms with van der Waals surface area (Å²) < 4.78 is 6.40. The highest BCUT2D eigenvalue weighted by Gasteiger charge is 2.34. The molecule has 0 fully saturated rings. The molecule has 0 aliphatic carbocycles. The van der Waals surface area contributed by atoms with Crippen molar-refractivity contribution in [1.82, 2.24) is 19.8 Å². The van der Waals surface area contributed by atoms with Crippen LogP contribution < -0.4 is 4.74 Å². The molecular formula is C27H32N4O3. The van der Waals surface area contributed by atoms with E-state index >= 15 is 0 Å². The summed E-state index contributed by atoms with van der Waals surface area (Å²) in [5, 5.41) is 9.85. The molecule has 0 bridgehead atoms. The lowest BCUT2D eigenvalue weighted by Gasteiger charge is -2.37. The minimum absolute atomic E-state index is 0.0351. The summed E-state index contributed by atoms with van der Waals surface area (Å²) in [5.74, 6) is 0.199. The first-order valence-corrected chi connectivity index (χ1v) is 11.7. The zero-order valence-electron chi connectivity index (χ0n) is 20.0. The molecule has 1 aliphatic heterocycles. The summed E-state index contributed by atoms with van der Waals surface area (Å²) in [4.78, 5) is 26.5. The lowest BCUT2D eigenvalue weighted by molar-refractivity contribution is 0.0324. The predicted molar refractivity (Wildman–Crippen MR) is 131 cm³/mol. The van der Waals surface area contributed by atoms with Gasteiger partial charge in [-0.15, -0.1) is 0 Å². The van der Waals surface area contributed by atoms with Gasteiger partial charge in [0.15, 0.2) is 0 Å². The fraction of sp³-hybridized carbons (Fsp3) is 0.370. The normalized spacial score (nSPS) is 19.2. The highest BCUT2D eigenvalue weighted by atomic mass is 16.5. The van der Waals surface area contributed by atoms with E-state index in [0.29, 0.717) is 31.1 Å². The van der Waals surface area contributed by atoms with Crippen LogP contribution in [-0.4, -0.2) is 69.7 Å². The molecule has 1 N–H and O–H groups in total. The molecule has 1 aliphatic rings. The van der Waals surface area contributed by atoms with Crippen molar-refractivity contribution < 1.29 is 14.6 Å². The van der Waals surface area contributed by atoms with Crippen molar-refractivity contribution in [3.63, 3.8) is 0 Å². The number of pyridine rings is 2. The lowest BCUT2D eigenvalue weighted by Crippen LogP contribution is -2.49. The predicted octanol–water partition coefficient (Wildman–Crippen LogP) is 3.50. The molecule has 178 valence electrons. The maximum atomic E-state index is 13.6. The van der Waals surface area contributed by atoms with Gasteiger partial charge < -0.3 is 14.7 Å². The molecular weight excluding hydrogens is 428 g/mol. The Morgan fingerprint density at radius 2 is 1.91 bits per heavy atom. The number of carbonyl (C=O) groups excluding carboxylic acids is 1. The third kappa shape index (κ3) is 5.43. The fourth-order valence-corrected chi connectivity index (χ4v) is 4.25. The molecule has 1 amide bonds. The maximum absolute atomic E-state index is 13.6. The van der Waals surface area contributed by atoms with E-state index in [1.165, 1.54) is 0 Å². The van der Waals surface area contributed by atoms with E-state index in [4.69, 9.17) is 4.74 Å². The molecule has 2 aromatic heterocycles. The monoisotopic (exact) mass is 460 g/mol. The minimum Gasteiger partial charge on any atom is -0.472 e. The summed E-state index contributed by atoms with van der Waals surface area (Å²) in [6.45, 7) is 5.66. The smallest absolute Gasteiger partial charge is 0.259 e. The number of aromatic nitrogens is 2. The van der Waals surface area contributed by atoms with Crippen molar-refractivity contribution in [1.29, 1.82) is 0 Å². The summed E-state index contributed by atoms with van der Waals surface area (Å²) in [7, 11) is 2.04. The average Bonchev–Trinajstić information content (AvgIpc) is 2.86. The second-order valence-electron chi connectivity index (χ2n) is 9.08.